The molecule has 2 fully saturated rings. The first kappa shape index (κ1) is 34.5. The number of carbonyl (C=O) groups is 1. The van der Waals surface area contributed by atoms with Crippen LogP contribution in [0.1, 0.15) is 60.6 Å². The Morgan fingerprint density at radius 2 is 1.94 bits per heavy atom. The number of amides is 1. The fraction of sp³-hybridized carbons (Fsp3) is 0.625. The van der Waals surface area contributed by atoms with E-state index in [1.165, 1.54) is 11.8 Å². The fourth-order valence-electron chi connectivity index (χ4n) is 7.25. The highest BCUT2D eigenvalue weighted by molar-refractivity contribution is 5.81. The molecular formula is C32H39F6N7O2. The number of hydrogen-bond acceptors (Lipinski definition) is 8. The normalized spacial score (nSPS) is 25.8. The number of nitrogens with zero attached hydrogens (tertiary/aromatic N) is 6. The molecule has 15 heteroatoms. The third-order valence-corrected chi connectivity index (χ3v) is 9.63. The summed E-state index contributed by atoms with van der Waals surface area (Å²) in [5.74, 6) is -2.84. The Morgan fingerprint density at radius 3 is 2.55 bits per heavy atom. The number of nitrogen functional groups attached to an aromatic ring is 1. The van der Waals surface area contributed by atoms with E-state index in [0.717, 1.165) is 13.0 Å². The summed E-state index contributed by atoms with van der Waals surface area (Å²) in [6.07, 6.45) is -7.28. The number of likely N-dealkylation sites (N-methyl/N-ethyl adjacent to an activating group) is 1. The van der Waals surface area contributed by atoms with Gasteiger partial charge in [-0.25, -0.2) is 13.2 Å². The van der Waals surface area contributed by atoms with Gasteiger partial charge in [0.15, 0.2) is 6.17 Å². The first-order chi connectivity index (χ1) is 22.1. The second-order valence-electron chi connectivity index (χ2n) is 13.0. The van der Waals surface area contributed by atoms with Crippen molar-refractivity contribution < 1.29 is 35.9 Å². The maximum Gasteiger partial charge on any atom is 0.417 e. The van der Waals surface area contributed by atoms with Crippen molar-refractivity contribution in [3.8, 4) is 12.1 Å². The molecule has 2 aliphatic heterocycles. The molecule has 9 nitrogen and oxygen atoms in total. The molecule has 1 aromatic heterocycles. The van der Waals surface area contributed by atoms with E-state index in [9.17, 15) is 32.0 Å². The zero-order chi connectivity index (χ0) is 34.4. The summed E-state index contributed by atoms with van der Waals surface area (Å²) < 4.78 is 92.6. The first-order valence-corrected chi connectivity index (χ1v) is 15.7. The lowest BCUT2D eigenvalue weighted by Gasteiger charge is -2.43. The Bertz CT molecular complexity index is 1550. The Balaban J connectivity index is 1.56. The second kappa shape index (κ2) is 13.4. The number of alkyl halides is 5. The number of halogens is 6. The van der Waals surface area contributed by atoms with Crippen LogP contribution < -0.4 is 15.4 Å². The highest BCUT2D eigenvalue weighted by atomic mass is 19.4. The van der Waals surface area contributed by atoms with Crippen LogP contribution in [-0.2, 0) is 23.8 Å². The van der Waals surface area contributed by atoms with Crippen molar-refractivity contribution in [2.45, 2.75) is 83.0 Å². The number of benzene rings is 1. The Hall–Kier alpha value is -3.80. The SMILES string of the molecule is Cc1cc(N)c(F)c([C@@H]2Cc3nc(OC[C@@H]4C[C@@H](F)CN4C)nc(N4CCN(C(=O)C(C)F)[C@H](CC#N)C4)c3C[C@H]2C)c1C(F)(F)F. The molecule has 47 heavy (non-hydrogen) atoms. The van der Waals surface area contributed by atoms with Crippen molar-refractivity contribution in [2.24, 2.45) is 5.92 Å². The van der Waals surface area contributed by atoms with E-state index in [1.54, 1.807) is 14.0 Å². The van der Waals surface area contributed by atoms with Gasteiger partial charge in [-0.05, 0) is 63.6 Å². The number of fused-ring (bicyclic) bond motifs is 1. The van der Waals surface area contributed by atoms with Gasteiger partial charge in [-0.15, -0.1) is 0 Å². The molecule has 256 valence electrons. The molecule has 6 atom stereocenters. The number of likely N-dealkylation sites (tertiary alicyclic amines) is 1. The van der Waals surface area contributed by atoms with E-state index < -0.39 is 59.2 Å². The molecule has 1 unspecified atom stereocenters. The first-order valence-electron chi connectivity index (χ1n) is 15.7. The van der Waals surface area contributed by atoms with Gasteiger partial charge in [0.1, 0.15) is 24.4 Å². The van der Waals surface area contributed by atoms with E-state index in [2.05, 4.69) is 11.1 Å². The van der Waals surface area contributed by atoms with Crippen LogP contribution in [0.25, 0.3) is 0 Å². The monoisotopic (exact) mass is 667 g/mol. The van der Waals surface area contributed by atoms with Crippen molar-refractivity contribution in [1.82, 2.24) is 19.8 Å². The highest BCUT2D eigenvalue weighted by Crippen LogP contribution is 2.47. The van der Waals surface area contributed by atoms with Gasteiger partial charge in [-0.1, -0.05) is 6.92 Å². The van der Waals surface area contributed by atoms with Crippen molar-refractivity contribution in [2.75, 3.05) is 50.5 Å². The maximum absolute atomic E-state index is 15.6. The van der Waals surface area contributed by atoms with Crippen LogP contribution in [-0.4, -0.2) is 89.9 Å². The average molecular weight is 668 g/mol. The van der Waals surface area contributed by atoms with E-state index >= 15 is 4.39 Å². The summed E-state index contributed by atoms with van der Waals surface area (Å²) in [4.78, 5) is 26.9. The molecule has 0 spiro atoms. The lowest BCUT2D eigenvalue weighted by Crippen LogP contribution is -2.57. The van der Waals surface area contributed by atoms with E-state index in [1.807, 2.05) is 9.80 Å². The van der Waals surface area contributed by atoms with Crippen LogP contribution in [0.3, 0.4) is 0 Å². The topological polar surface area (TPSA) is 112 Å². The third kappa shape index (κ3) is 6.93. The summed E-state index contributed by atoms with van der Waals surface area (Å²) in [5.41, 5.74) is 4.73. The number of nitriles is 1. The number of hydrogen-bond donors (Lipinski definition) is 1. The van der Waals surface area contributed by atoms with Gasteiger partial charge in [0, 0.05) is 43.3 Å². The number of rotatable bonds is 7. The number of piperazine rings is 1. The summed E-state index contributed by atoms with van der Waals surface area (Å²) >= 11 is 0. The molecule has 3 heterocycles. The van der Waals surface area contributed by atoms with Crippen LogP contribution in [0.5, 0.6) is 6.01 Å². The van der Waals surface area contributed by atoms with Crippen LogP contribution in [0, 0.1) is 30.0 Å². The highest BCUT2D eigenvalue weighted by Gasteiger charge is 2.43. The second-order valence-corrected chi connectivity index (χ2v) is 13.0. The van der Waals surface area contributed by atoms with Crippen LogP contribution in [0.4, 0.5) is 37.8 Å². The van der Waals surface area contributed by atoms with Gasteiger partial charge in [0.2, 0.25) is 0 Å². The van der Waals surface area contributed by atoms with Crippen molar-refractivity contribution in [1.29, 1.82) is 5.26 Å². The minimum atomic E-state index is -4.83. The molecule has 1 amide bonds. The number of ether oxygens (including phenoxy) is 1. The number of aryl methyl sites for hydroxylation is 1. The molecule has 1 aromatic carbocycles. The van der Waals surface area contributed by atoms with Crippen molar-refractivity contribution in [3.63, 3.8) is 0 Å². The molecule has 2 N–H and O–H groups in total. The molecule has 5 rings (SSSR count). The molecule has 3 aliphatic rings. The van der Waals surface area contributed by atoms with Gasteiger partial charge in [-0.3, -0.25) is 9.69 Å². The molecular weight excluding hydrogens is 628 g/mol. The molecule has 0 saturated carbocycles. The standard InChI is InChI=1S/C32H39F6N7O2/c1-16-9-23-25(12-22(16)26-27(32(36,37)38)17(2)10-24(40)28(26)35)41-31(47-15-21-11-19(34)13-43(21)4)42-29(23)44-7-8-45(30(46)18(3)33)20(14-44)5-6-39/h10,16,18-22H,5,7-9,11-15,40H2,1-4H3/t16-,18?,19-,20-,21+,22-/m1/s1. The quantitative estimate of drug-likeness (QED) is 0.333. The number of carbonyl (C=O) groups excluding carboxylic acids is 1. The predicted molar refractivity (Wildman–Crippen MR) is 162 cm³/mol. The predicted octanol–water partition coefficient (Wildman–Crippen LogP) is 4.75. The number of anilines is 2. The minimum absolute atomic E-state index is 0.0588. The van der Waals surface area contributed by atoms with Gasteiger partial charge in [0.25, 0.3) is 5.91 Å². The van der Waals surface area contributed by atoms with Crippen LogP contribution in [0.15, 0.2) is 6.07 Å². The van der Waals surface area contributed by atoms with E-state index in [-0.39, 0.29) is 81.8 Å². The lowest BCUT2D eigenvalue weighted by molar-refractivity contribution is -0.139. The summed E-state index contributed by atoms with van der Waals surface area (Å²) in [6.45, 7) is 4.92. The largest absolute Gasteiger partial charge is 0.462 e. The molecule has 2 saturated heterocycles. The van der Waals surface area contributed by atoms with Gasteiger partial charge >= 0.3 is 12.2 Å². The summed E-state index contributed by atoms with van der Waals surface area (Å²) in [5, 5.41) is 9.48. The van der Waals surface area contributed by atoms with E-state index in [4.69, 9.17) is 15.5 Å². The smallest absolute Gasteiger partial charge is 0.417 e. The zero-order valence-corrected chi connectivity index (χ0v) is 26.8. The molecule has 0 bridgehead atoms. The molecule has 0 radical (unpaired) electrons. The van der Waals surface area contributed by atoms with E-state index in [0.29, 0.717) is 17.1 Å². The Morgan fingerprint density at radius 1 is 1.21 bits per heavy atom. The summed E-state index contributed by atoms with van der Waals surface area (Å²) in [6, 6.07) is 2.08. The molecule has 1 aliphatic carbocycles. The van der Waals surface area contributed by atoms with Crippen LogP contribution >= 0.6 is 0 Å². The lowest BCUT2D eigenvalue weighted by atomic mass is 9.73. The fourth-order valence-corrected chi connectivity index (χ4v) is 7.25. The zero-order valence-electron chi connectivity index (χ0n) is 26.8. The van der Waals surface area contributed by atoms with Crippen molar-refractivity contribution in [3.05, 3.63) is 39.8 Å². The van der Waals surface area contributed by atoms with Gasteiger partial charge < -0.3 is 20.3 Å². The average Bonchev–Trinajstić information content (AvgIpc) is 3.32. The van der Waals surface area contributed by atoms with Gasteiger partial charge in [-0.2, -0.15) is 28.4 Å². The maximum atomic E-state index is 15.6. The minimum Gasteiger partial charge on any atom is -0.462 e. The number of aromatic nitrogens is 2. The van der Waals surface area contributed by atoms with Crippen molar-refractivity contribution >= 4 is 17.4 Å². The third-order valence-electron chi connectivity index (χ3n) is 9.63. The molecule has 2 aromatic rings. The Labute approximate surface area is 269 Å². The summed E-state index contributed by atoms with van der Waals surface area (Å²) in [7, 11) is 1.77. The number of nitrogens with two attached hydrogens (primary N) is 1. The van der Waals surface area contributed by atoms with Crippen LogP contribution in [0.2, 0.25) is 0 Å². The van der Waals surface area contributed by atoms with Gasteiger partial charge in [0.05, 0.1) is 35.5 Å². The Kier molecular flexibility index (Phi) is 9.82.